The fourth-order valence-corrected chi connectivity index (χ4v) is 1.52. The van der Waals surface area contributed by atoms with E-state index in [-0.39, 0.29) is 6.54 Å². The summed E-state index contributed by atoms with van der Waals surface area (Å²) in [6, 6.07) is 5.73. The van der Waals surface area contributed by atoms with Crippen LogP contribution in [0.15, 0.2) is 18.2 Å². The number of aliphatic carboxylic acids is 1. The zero-order valence-corrected chi connectivity index (χ0v) is 9.54. The maximum Gasteiger partial charge on any atom is 0.182 e. The van der Waals surface area contributed by atoms with Crippen molar-refractivity contribution in [1.29, 1.82) is 0 Å². The molecule has 0 amide bonds. The summed E-state index contributed by atoms with van der Waals surface area (Å²) in [6.45, 7) is 3.63. The number of benzene rings is 1. The molecule has 0 fully saturated rings. The Balaban J connectivity index is 2.42. The number of aromatic nitrogens is 4. The van der Waals surface area contributed by atoms with E-state index < -0.39 is 5.97 Å². The molecule has 88 valence electrons. The van der Waals surface area contributed by atoms with Crippen molar-refractivity contribution in [2.75, 3.05) is 0 Å². The number of carbonyl (C=O) groups is 1. The maximum atomic E-state index is 10.5. The number of hydrogen-bond acceptors (Lipinski definition) is 5. The summed E-state index contributed by atoms with van der Waals surface area (Å²) in [6.07, 6.45) is 0. The van der Waals surface area contributed by atoms with Gasteiger partial charge in [-0.15, -0.1) is 5.10 Å². The van der Waals surface area contributed by atoms with Gasteiger partial charge >= 0.3 is 0 Å². The second kappa shape index (κ2) is 4.32. The van der Waals surface area contributed by atoms with Gasteiger partial charge in [0.25, 0.3) is 0 Å². The van der Waals surface area contributed by atoms with Crippen molar-refractivity contribution >= 4 is 5.97 Å². The molecule has 0 N–H and O–H groups in total. The van der Waals surface area contributed by atoms with E-state index in [1.54, 1.807) is 0 Å². The second-order valence-corrected chi connectivity index (χ2v) is 3.83. The van der Waals surface area contributed by atoms with Gasteiger partial charge in [-0.05, 0) is 41.5 Å². The van der Waals surface area contributed by atoms with Crippen LogP contribution in [0.25, 0.3) is 11.4 Å². The SMILES string of the molecule is Cc1ccc(-c2nnnn2CC(=O)[O-])cc1C. The molecule has 0 saturated carbocycles. The summed E-state index contributed by atoms with van der Waals surface area (Å²) in [7, 11) is 0. The van der Waals surface area contributed by atoms with Crippen LogP contribution >= 0.6 is 0 Å². The van der Waals surface area contributed by atoms with Gasteiger partial charge in [-0.1, -0.05) is 12.1 Å². The Bertz CT molecular complexity index is 562. The van der Waals surface area contributed by atoms with Crippen LogP contribution in [0.3, 0.4) is 0 Å². The molecule has 0 aliphatic heterocycles. The third-order valence-corrected chi connectivity index (χ3v) is 2.58. The molecule has 0 bridgehead atoms. The number of carboxylic acid groups (broad SMARTS) is 1. The Morgan fingerprint density at radius 1 is 1.35 bits per heavy atom. The van der Waals surface area contributed by atoms with Gasteiger partial charge < -0.3 is 9.90 Å². The van der Waals surface area contributed by atoms with E-state index in [1.807, 2.05) is 32.0 Å². The van der Waals surface area contributed by atoms with Crippen LogP contribution in [0, 0.1) is 13.8 Å². The Kier molecular flexibility index (Phi) is 2.86. The Morgan fingerprint density at radius 3 is 2.76 bits per heavy atom. The average Bonchev–Trinajstić information content (AvgIpc) is 2.69. The molecule has 0 unspecified atom stereocenters. The first-order valence-electron chi connectivity index (χ1n) is 5.11. The Labute approximate surface area is 97.9 Å². The lowest BCUT2D eigenvalue weighted by molar-refractivity contribution is -0.306. The second-order valence-electron chi connectivity index (χ2n) is 3.83. The first-order chi connectivity index (χ1) is 8.08. The highest BCUT2D eigenvalue weighted by Crippen LogP contribution is 2.19. The number of tetrazole rings is 1. The van der Waals surface area contributed by atoms with Crippen molar-refractivity contribution in [3.63, 3.8) is 0 Å². The summed E-state index contributed by atoms with van der Waals surface area (Å²) in [4.78, 5) is 10.5. The minimum Gasteiger partial charge on any atom is -0.548 e. The quantitative estimate of drug-likeness (QED) is 0.724. The number of nitrogens with zero attached hydrogens (tertiary/aromatic N) is 4. The van der Waals surface area contributed by atoms with Crippen LogP contribution in [0.5, 0.6) is 0 Å². The molecule has 0 aliphatic carbocycles. The van der Waals surface area contributed by atoms with Crippen LogP contribution < -0.4 is 5.11 Å². The molecule has 0 saturated heterocycles. The third kappa shape index (κ3) is 2.30. The molecule has 0 atom stereocenters. The third-order valence-electron chi connectivity index (χ3n) is 2.58. The summed E-state index contributed by atoms with van der Waals surface area (Å²) in [5.74, 6) is -0.792. The Morgan fingerprint density at radius 2 is 2.12 bits per heavy atom. The van der Waals surface area contributed by atoms with Crippen molar-refractivity contribution in [1.82, 2.24) is 20.2 Å². The number of aryl methyl sites for hydroxylation is 2. The highest BCUT2D eigenvalue weighted by atomic mass is 16.4. The molecule has 6 heteroatoms. The van der Waals surface area contributed by atoms with Crippen LogP contribution in [0.1, 0.15) is 11.1 Å². The van der Waals surface area contributed by atoms with Gasteiger partial charge in [0.1, 0.15) is 0 Å². The minimum absolute atomic E-state index is 0.352. The minimum atomic E-state index is -1.22. The molecule has 17 heavy (non-hydrogen) atoms. The molecule has 1 aromatic carbocycles. The van der Waals surface area contributed by atoms with Gasteiger partial charge in [0.15, 0.2) is 5.82 Å². The Hall–Kier alpha value is -2.24. The monoisotopic (exact) mass is 231 g/mol. The summed E-state index contributed by atoms with van der Waals surface area (Å²) in [5.41, 5.74) is 3.05. The zero-order valence-electron chi connectivity index (χ0n) is 9.54. The maximum absolute atomic E-state index is 10.5. The van der Waals surface area contributed by atoms with E-state index in [0.717, 1.165) is 16.7 Å². The fraction of sp³-hybridized carbons (Fsp3) is 0.273. The standard InChI is InChI=1S/C11H12N4O2/c1-7-3-4-9(5-8(7)2)11-12-13-14-15(11)6-10(16)17/h3-5H,6H2,1-2H3,(H,16,17)/p-1. The largest absolute Gasteiger partial charge is 0.548 e. The summed E-state index contributed by atoms with van der Waals surface area (Å²) >= 11 is 0. The highest BCUT2D eigenvalue weighted by Gasteiger charge is 2.09. The predicted octanol–water partition coefficient (Wildman–Crippen LogP) is -0.293. The number of rotatable bonds is 3. The van der Waals surface area contributed by atoms with E-state index >= 15 is 0 Å². The molecule has 0 aliphatic rings. The van der Waals surface area contributed by atoms with Gasteiger partial charge in [-0.2, -0.15) is 0 Å². The summed E-state index contributed by atoms with van der Waals surface area (Å²) < 4.78 is 1.21. The molecule has 1 aromatic heterocycles. The first kappa shape index (κ1) is 11.3. The van der Waals surface area contributed by atoms with Gasteiger partial charge in [0, 0.05) is 5.56 Å². The fourth-order valence-electron chi connectivity index (χ4n) is 1.52. The van der Waals surface area contributed by atoms with E-state index in [4.69, 9.17) is 0 Å². The zero-order chi connectivity index (χ0) is 12.4. The summed E-state index contributed by atoms with van der Waals surface area (Å²) in [5, 5.41) is 21.5. The molecular formula is C11H11N4O2-. The van der Waals surface area contributed by atoms with Crippen LogP contribution in [0.2, 0.25) is 0 Å². The molecule has 2 rings (SSSR count). The van der Waals surface area contributed by atoms with Crippen LogP contribution in [0.4, 0.5) is 0 Å². The number of carboxylic acids is 1. The van der Waals surface area contributed by atoms with Gasteiger partial charge in [0.2, 0.25) is 0 Å². The normalized spacial score (nSPS) is 10.5. The predicted molar refractivity (Wildman–Crippen MR) is 57.7 cm³/mol. The molecule has 2 aromatic rings. The van der Waals surface area contributed by atoms with Crippen LogP contribution in [-0.4, -0.2) is 26.2 Å². The lowest BCUT2D eigenvalue weighted by Gasteiger charge is -2.06. The topological polar surface area (TPSA) is 83.7 Å². The first-order valence-corrected chi connectivity index (χ1v) is 5.11. The van der Waals surface area contributed by atoms with Crippen molar-refractivity contribution in [2.45, 2.75) is 20.4 Å². The smallest absolute Gasteiger partial charge is 0.182 e. The number of hydrogen-bond donors (Lipinski definition) is 0. The molecule has 6 nitrogen and oxygen atoms in total. The lowest BCUT2D eigenvalue weighted by atomic mass is 10.1. The van der Waals surface area contributed by atoms with Crippen molar-refractivity contribution in [2.24, 2.45) is 0 Å². The average molecular weight is 231 g/mol. The molecule has 0 spiro atoms. The van der Waals surface area contributed by atoms with Crippen molar-refractivity contribution in [3.8, 4) is 11.4 Å². The van der Waals surface area contributed by atoms with Crippen LogP contribution in [-0.2, 0) is 11.3 Å². The van der Waals surface area contributed by atoms with Gasteiger partial charge in [0.05, 0.1) is 12.5 Å². The van der Waals surface area contributed by atoms with E-state index in [0.29, 0.717) is 5.82 Å². The van der Waals surface area contributed by atoms with E-state index in [1.165, 1.54) is 4.68 Å². The molecule has 0 radical (unpaired) electrons. The lowest BCUT2D eigenvalue weighted by Crippen LogP contribution is -2.28. The van der Waals surface area contributed by atoms with E-state index in [9.17, 15) is 9.90 Å². The van der Waals surface area contributed by atoms with Crippen molar-refractivity contribution < 1.29 is 9.90 Å². The number of carbonyl (C=O) groups excluding carboxylic acids is 1. The van der Waals surface area contributed by atoms with E-state index in [2.05, 4.69) is 15.5 Å². The molecule has 1 heterocycles. The van der Waals surface area contributed by atoms with Gasteiger partial charge in [-0.25, -0.2) is 4.68 Å². The highest BCUT2D eigenvalue weighted by molar-refractivity contribution is 5.65. The van der Waals surface area contributed by atoms with Gasteiger partial charge in [-0.3, -0.25) is 0 Å². The molecular weight excluding hydrogens is 220 g/mol. The van der Waals surface area contributed by atoms with Crippen molar-refractivity contribution in [3.05, 3.63) is 29.3 Å².